The van der Waals surface area contributed by atoms with Gasteiger partial charge < -0.3 is 26.3 Å². The molecule has 2 bridgehead atoms. The number of carbonyl (C=O) groups excluding carboxylic acids is 3. The van der Waals surface area contributed by atoms with Gasteiger partial charge in [0.2, 0.25) is 5.91 Å². The summed E-state index contributed by atoms with van der Waals surface area (Å²) in [6, 6.07) is 16.9. The molecule has 2 unspecified atom stereocenters. The zero-order chi connectivity index (χ0) is 44.2. The van der Waals surface area contributed by atoms with E-state index in [4.69, 9.17) is 12.3 Å². The molecule has 3 aromatic rings. The van der Waals surface area contributed by atoms with Gasteiger partial charge in [0.1, 0.15) is 11.8 Å². The second-order valence-corrected chi connectivity index (χ2v) is 16.7. The minimum atomic E-state index is -4.72. The molecule has 0 radical (unpaired) electrons. The molecule has 13 nitrogen and oxygen atoms in total. The quantitative estimate of drug-likeness (QED) is 0.102. The van der Waals surface area contributed by atoms with Crippen LogP contribution in [0.15, 0.2) is 60.7 Å². The number of hydrogen-bond acceptors (Lipinski definition) is 11. The molecule has 3 aromatic carbocycles. The number of fused-ring (bicyclic) bond motifs is 3. The van der Waals surface area contributed by atoms with E-state index in [1.54, 1.807) is 20.8 Å². The topological polar surface area (TPSA) is 141 Å². The van der Waals surface area contributed by atoms with Crippen molar-refractivity contribution in [3.63, 3.8) is 0 Å². The van der Waals surface area contributed by atoms with Crippen molar-refractivity contribution in [2.24, 2.45) is 0 Å². The van der Waals surface area contributed by atoms with E-state index in [9.17, 15) is 41.0 Å². The maximum Gasteiger partial charge on any atom is 1.15 e. The first-order valence-corrected chi connectivity index (χ1v) is 22.2. The number of ether oxygens (including phenoxy) is 1. The predicted molar refractivity (Wildman–Crippen MR) is 224 cm³/mol. The number of hydrogen-bond donors (Lipinski definition) is 2. The van der Waals surface area contributed by atoms with Crippen molar-refractivity contribution in [3.8, 4) is 16.9 Å². The zero-order valence-corrected chi connectivity index (χ0v) is 35.9. The predicted octanol–water partition coefficient (Wildman–Crippen LogP) is 5.15. The summed E-state index contributed by atoms with van der Waals surface area (Å²) in [5, 5.41) is 12.8. The highest BCUT2D eigenvalue weighted by Gasteiger charge is 2.43. The van der Waals surface area contributed by atoms with Crippen LogP contribution in [0, 0.1) is 6.92 Å². The van der Waals surface area contributed by atoms with Crippen molar-refractivity contribution in [1.29, 1.82) is 0 Å². The van der Waals surface area contributed by atoms with Crippen LogP contribution >= 0.6 is 0 Å². The van der Waals surface area contributed by atoms with E-state index < -0.39 is 51.0 Å². The summed E-state index contributed by atoms with van der Waals surface area (Å²) in [5.41, 5.74) is 2.82. The average Bonchev–Trinajstić information content (AvgIpc) is 3.29. The summed E-state index contributed by atoms with van der Waals surface area (Å²) < 4.78 is 73.9. The molecule has 62 heavy (non-hydrogen) atoms. The lowest BCUT2D eigenvalue weighted by Gasteiger charge is -2.33. The number of nitrogens with one attached hydrogen (secondary N) is 1. The molecule has 3 aliphatic heterocycles. The number of nitrogens with zero attached hydrogens (tertiary/aromatic N) is 4. The molecule has 2 N–H and O–H groups in total. The Bertz CT molecular complexity index is 2040. The first kappa shape index (κ1) is 46.7. The fourth-order valence-corrected chi connectivity index (χ4v) is 8.58. The number of carbonyl (C=O) groups is 4. The van der Waals surface area contributed by atoms with Crippen LogP contribution in [-0.2, 0) is 39.5 Å². The summed E-state index contributed by atoms with van der Waals surface area (Å²) in [5.74, 6) is -2.76. The number of alkyl halides is 3. The summed E-state index contributed by atoms with van der Waals surface area (Å²) >= 11 is -3.93. The lowest BCUT2D eigenvalue weighted by Crippen LogP contribution is -2.44. The molecule has 3 aliphatic rings. The Balaban J connectivity index is 1.14. The molecule has 3 saturated heterocycles. The van der Waals surface area contributed by atoms with Gasteiger partial charge in [-0.05, 0) is 72.7 Å². The van der Waals surface area contributed by atoms with E-state index in [-0.39, 0.29) is 62.1 Å². The van der Waals surface area contributed by atoms with Gasteiger partial charge in [-0.1, -0.05) is 67.1 Å². The molecular formula is C44H52AlF4N5O8. The van der Waals surface area contributed by atoms with Crippen LogP contribution in [0.4, 0.5) is 16.7 Å². The molecule has 3 atom stereocenters. The number of likely N-dealkylation sites (tertiary alicyclic amines) is 1. The summed E-state index contributed by atoms with van der Waals surface area (Å²) in [6.45, 7) is 4.67. The third-order valence-corrected chi connectivity index (χ3v) is 12.2. The third-order valence-electron chi connectivity index (χ3n) is 11.3. The van der Waals surface area contributed by atoms with Gasteiger partial charge in [0.25, 0.3) is 11.9 Å². The van der Waals surface area contributed by atoms with Gasteiger partial charge >= 0.3 is 27.4 Å². The Kier molecular flexibility index (Phi) is 16.6. The van der Waals surface area contributed by atoms with E-state index in [1.807, 2.05) is 60.4 Å². The van der Waals surface area contributed by atoms with Crippen molar-refractivity contribution in [3.05, 3.63) is 88.5 Å². The molecule has 18 heteroatoms. The molecule has 6 rings (SSSR count). The highest BCUT2D eigenvalue weighted by molar-refractivity contribution is 6.41. The first-order valence-electron chi connectivity index (χ1n) is 20.9. The molecule has 0 spiro atoms. The number of carboxylic acid groups (broad SMARTS) is 1. The Morgan fingerprint density at radius 1 is 0.887 bits per heavy atom. The molecular weight excluding hydrogens is 829 g/mol. The van der Waals surface area contributed by atoms with Gasteiger partial charge in [0.15, 0.2) is 0 Å². The molecule has 0 aromatic heterocycles. The second-order valence-electron chi connectivity index (χ2n) is 15.7. The number of carboxylic acids is 1. The number of rotatable bonds is 13. The zero-order valence-electron chi connectivity index (χ0n) is 34.7. The van der Waals surface area contributed by atoms with Gasteiger partial charge in [-0.2, -0.15) is 13.2 Å². The largest absolute Gasteiger partial charge is 1.15 e. The number of piperidine rings is 1. The van der Waals surface area contributed by atoms with E-state index in [1.165, 1.54) is 12.1 Å². The van der Waals surface area contributed by atoms with Gasteiger partial charge in [0.05, 0.1) is 31.8 Å². The second kappa shape index (κ2) is 22.0. The normalized spacial score (nSPS) is 21.0. The van der Waals surface area contributed by atoms with Crippen LogP contribution in [0.25, 0.3) is 23.3 Å². The smallest absolute Gasteiger partial charge is 0.558 e. The lowest BCUT2D eigenvalue weighted by atomic mass is 9.95. The average molecular weight is 882 g/mol. The van der Waals surface area contributed by atoms with Crippen molar-refractivity contribution < 1.29 is 53.3 Å². The van der Waals surface area contributed by atoms with Crippen molar-refractivity contribution in [2.45, 2.75) is 51.4 Å². The molecule has 332 valence electrons. The Morgan fingerprint density at radius 2 is 1.55 bits per heavy atom. The van der Waals surface area contributed by atoms with Crippen molar-refractivity contribution in [2.75, 3.05) is 78.6 Å². The van der Waals surface area contributed by atoms with E-state index >= 15 is 0 Å². The minimum Gasteiger partial charge on any atom is -0.558 e. The first-order chi connectivity index (χ1) is 29.7. The van der Waals surface area contributed by atoms with Crippen molar-refractivity contribution in [1.82, 2.24) is 24.9 Å². The van der Waals surface area contributed by atoms with Crippen LogP contribution in [0.5, 0.6) is 5.75 Å². The maximum atomic E-state index is 14.8. The van der Waals surface area contributed by atoms with Crippen LogP contribution in [0.2, 0.25) is 0 Å². The van der Waals surface area contributed by atoms with E-state index in [0.717, 1.165) is 28.3 Å². The molecule has 3 fully saturated rings. The Morgan fingerprint density at radius 3 is 2.21 bits per heavy atom. The number of amides is 1. The Labute approximate surface area is 363 Å². The monoisotopic (exact) mass is 881 g/mol. The van der Waals surface area contributed by atoms with Crippen LogP contribution in [-0.4, -0.2) is 148 Å². The van der Waals surface area contributed by atoms with Crippen LogP contribution in [0.3, 0.4) is 0 Å². The Hall–Kier alpha value is -4.83. The van der Waals surface area contributed by atoms with Gasteiger partial charge in [-0.15, -0.1) is 0 Å². The van der Waals surface area contributed by atoms with Gasteiger partial charge in [0, 0.05) is 57.9 Å². The van der Waals surface area contributed by atoms with E-state index in [2.05, 4.69) is 5.32 Å². The van der Waals surface area contributed by atoms with Gasteiger partial charge in [-0.3, -0.25) is 38.8 Å². The summed E-state index contributed by atoms with van der Waals surface area (Å²) in [7, 11) is 0. The number of halogens is 4. The van der Waals surface area contributed by atoms with Crippen molar-refractivity contribution >= 4 is 51.2 Å². The molecule has 0 saturated carbocycles. The third kappa shape index (κ3) is 13.3. The van der Waals surface area contributed by atoms with E-state index in [0.29, 0.717) is 71.5 Å². The highest BCUT2D eigenvalue weighted by atomic mass is 27.3. The maximum absolute atomic E-state index is 14.8. The number of benzene rings is 3. The molecule has 0 aliphatic carbocycles. The fraction of sp³-hybridized carbons (Fsp3) is 0.455. The fourth-order valence-electron chi connectivity index (χ4n) is 7.97. The lowest BCUT2D eigenvalue weighted by molar-refractivity contribution is -0.145. The molecule has 3 heterocycles. The van der Waals surface area contributed by atoms with Gasteiger partial charge in [-0.25, -0.2) is 0 Å². The standard InChI is InChI=1S/C44H54F3N5O8.Al.FH/c1-31-32(11-7-12-36(31)33-9-3-2-4-10-33)14-15-34-26-39(35(25-37(34)44(45,46)47)27-52-17-6-5-13-38(52)43(58)59)60-24-8-16-48-40(53)28-49-18-20-50(29-41(54)55)22-23-51(21-19-49)30-42(56)57;;/h2-4,7,9-12,14-15,25-26,38H,5-6,8,13,16-24,27-30H2,1H3,(H,48,53)(H,54,55)(H,56,57)(H,58,59);;1H/q;+3;/p-3/b15-14+;;/t38-;;/m0../s1. The highest BCUT2D eigenvalue weighted by Crippen LogP contribution is 2.38. The molecule has 1 amide bonds. The number of aliphatic carboxylic acids is 1. The van der Waals surface area contributed by atoms with Crippen LogP contribution in [0.1, 0.15) is 53.5 Å². The summed E-state index contributed by atoms with van der Waals surface area (Å²) in [4.78, 5) is 56.9. The SMILES string of the molecule is Cc1c(/C=C/c2cc(OCCCNC(=O)CN3CCN4CCN(CC3)CC(=O)[O][Al]([F])[O]C(=O)C4)c(CN3CCCC[C@H]3C(=O)O)cc2C(F)(F)F)cccc1-c1ccccc1. The van der Waals surface area contributed by atoms with Crippen LogP contribution < -0.4 is 10.1 Å². The minimum absolute atomic E-state index is 0.0178. The summed E-state index contributed by atoms with van der Waals surface area (Å²) in [6.07, 6.45) is 0.481.